The standard InChI is InChI=1S/C19H20N2O5/c1-12(20-17(22)16-8-5-9-26-16)18(23)21-10-14(15(11-21)19(24)25)13-6-3-2-4-7-13/h2-9,12,14-15H,10-11H2,1H3,(H,20,22)(H,24,25). The third kappa shape index (κ3) is 3.61. The van der Waals surface area contributed by atoms with Gasteiger partial charge in [0.2, 0.25) is 5.91 Å². The van der Waals surface area contributed by atoms with E-state index in [1.165, 1.54) is 17.2 Å². The van der Waals surface area contributed by atoms with Gasteiger partial charge in [0.05, 0.1) is 12.2 Å². The second-order valence-electron chi connectivity index (χ2n) is 6.38. The zero-order chi connectivity index (χ0) is 18.7. The van der Waals surface area contributed by atoms with E-state index in [0.29, 0.717) is 6.54 Å². The van der Waals surface area contributed by atoms with Gasteiger partial charge in [0.1, 0.15) is 6.04 Å². The van der Waals surface area contributed by atoms with E-state index in [4.69, 9.17) is 4.42 Å². The van der Waals surface area contributed by atoms with Crippen molar-refractivity contribution in [3.05, 3.63) is 60.1 Å². The summed E-state index contributed by atoms with van der Waals surface area (Å²) in [6, 6.07) is 11.6. The SMILES string of the molecule is CC(NC(=O)c1ccco1)C(=O)N1CC(C(=O)O)C(c2ccccc2)C1. The summed E-state index contributed by atoms with van der Waals surface area (Å²) < 4.78 is 5.01. The van der Waals surface area contributed by atoms with Crippen molar-refractivity contribution in [3.63, 3.8) is 0 Å². The summed E-state index contributed by atoms with van der Waals surface area (Å²) in [5.74, 6) is -2.54. The van der Waals surface area contributed by atoms with Gasteiger partial charge < -0.3 is 19.7 Å². The molecule has 3 atom stereocenters. The predicted molar refractivity (Wildman–Crippen MR) is 92.5 cm³/mol. The van der Waals surface area contributed by atoms with E-state index in [-0.39, 0.29) is 24.1 Å². The molecule has 2 amide bonds. The van der Waals surface area contributed by atoms with E-state index in [1.807, 2.05) is 30.3 Å². The van der Waals surface area contributed by atoms with Crippen molar-refractivity contribution in [2.45, 2.75) is 18.9 Å². The molecule has 1 aromatic heterocycles. The van der Waals surface area contributed by atoms with Crippen LogP contribution in [0.15, 0.2) is 53.1 Å². The van der Waals surface area contributed by atoms with E-state index in [0.717, 1.165) is 5.56 Å². The second-order valence-corrected chi connectivity index (χ2v) is 6.38. The molecule has 0 radical (unpaired) electrons. The van der Waals surface area contributed by atoms with Gasteiger partial charge in [0.15, 0.2) is 5.76 Å². The van der Waals surface area contributed by atoms with Crippen molar-refractivity contribution in [3.8, 4) is 0 Å². The Bertz CT molecular complexity index is 788. The lowest BCUT2D eigenvalue weighted by atomic mass is 9.89. The minimum Gasteiger partial charge on any atom is -0.481 e. The molecule has 7 heteroatoms. The number of rotatable bonds is 5. The average molecular weight is 356 g/mol. The van der Waals surface area contributed by atoms with Crippen LogP contribution in [0.25, 0.3) is 0 Å². The van der Waals surface area contributed by atoms with Crippen molar-refractivity contribution >= 4 is 17.8 Å². The number of carbonyl (C=O) groups excluding carboxylic acids is 2. The molecule has 0 spiro atoms. The molecule has 136 valence electrons. The number of amides is 2. The van der Waals surface area contributed by atoms with E-state index >= 15 is 0 Å². The number of hydrogen-bond acceptors (Lipinski definition) is 4. The van der Waals surface area contributed by atoms with Crippen molar-refractivity contribution < 1.29 is 23.9 Å². The smallest absolute Gasteiger partial charge is 0.308 e. The summed E-state index contributed by atoms with van der Waals surface area (Å²) in [7, 11) is 0. The molecule has 2 N–H and O–H groups in total. The van der Waals surface area contributed by atoms with E-state index in [9.17, 15) is 19.5 Å². The number of benzene rings is 1. The summed E-state index contributed by atoms with van der Waals surface area (Å²) in [5.41, 5.74) is 0.891. The molecule has 0 saturated carbocycles. The lowest BCUT2D eigenvalue weighted by molar-refractivity contribution is -0.142. The average Bonchev–Trinajstić information content (AvgIpc) is 3.31. The van der Waals surface area contributed by atoms with Crippen molar-refractivity contribution in [2.24, 2.45) is 5.92 Å². The van der Waals surface area contributed by atoms with E-state index < -0.39 is 23.8 Å². The quantitative estimate of drug-likeness (QED) is 0.850. The molecule has 2 aromatic rings. The number of furan rings is 1. The highest BCUT2D eigenvalue weighted by molar-refractivity contribution is 5.95. The molecule has 0 aliphatic carbocycles. The van der Waals surface area contributed by atoms with Gasteiger partial charge in [-0.25, -0.2) is 0 Å². The van der Waals surface area contributed by atoms with Crippen LogP contribution in [0, 0.1) is 5.92 Å². The molecule has 1 aromatic carbocycles. The zero-order valence-corrected chi connectivity index (χ0v) is 14.3. The number of likely N-dealkylation sites (tertiary alicyclic amines) is 1. The van der Waals surface area contributed by atoms with Crippen LogP contribution in [0.2, 0.25) is 0 Å². The van der Waals surface area contributed by atoms with Crippen LogP contribution in [0.3, 0.4) is 0 Å². The van der Waals surface area contributed by atoms with Gasteiger partial charge in [-0.3, -0.25) is 14.4 Å². The van der Waals surface area contributed by atoms with Gasteiger partial charge in [-0.1, -0.05) is 30.3 Å². The van der Waals surface area contributed by atoms with Crippen LogP contribution < -0.4 is 5.32 Å². The largest absolute Gasteiger partial charge is 0.481 e. The molecular weight excluding hydrogens is 336 g/mol. The monoisotopic (exact) mass is 356 g/mol. The number of hydrogen-bond donors (Lipinski definition) is 2. The van der Waals surface area contributed by atoms with Gasteiger partial charge in [-0.2, -0.15) is 0 Å². The Labute approximate surface area is 150 Å². The maximum atomic E-state index is 12.7. The third-order valence-electron chi connectivity index (χ3n) is 4.64. The number of aliphatic carboxylic acids is 1. The molecule has 3 rings (SSSR count). The fourth-order valence-corrected chi connectivity index (χ4v) is 3.28. The van der Waals surface area contributed by atoms with Crippen LogP contribution in [0.5, 0.6) is 0 Å². The maximum absolute atomic E-state index is 12.7. The highest BCUT2D eigenvalue weighted by Gasteiger charge is 2.41. The molecule has 1 aliphatic heterocycles. The van der Waals surface area contributed by atoms with Gasteiger partial charge in [0, 0.05) is 19.0 Å². The third-order valence-corrected chi connectivity index (χ3v) is 4.64. The van der Waals surface area contributed by atoms with Gasteiger partial charge in [-0.05, 0) is 24.6 Å². The zero-order valence-electron chi connectivity index (χ0n) is 14.3. The summed E-state index contributed by atoms with van der Waals surface area (Å²) in [5, 5.41) is 12.1. The highest BCUT2D eigenvalue weighted by Crippen LogP contribution is 2.33. The lowest BCUT2D eigenvalue weighted by Gasteiger charge is -2.21. The first-order valence-electron chi connectivity index (χ1n) is 8.38. The first kappa shape index (κ1) is 17.7. The summed E-state index contributed by atoms with van der Waals surface area (Å²) in [6.07, 6.45) is 1.38. The van der Waals surface area contributed by atoms with Gasteiger partial charge in [0.25, 0.3) is 5.91 Å². The van der Waals surface area contributed by atoms with Gasteiger partial charge in [-0.15, -0.1) is 0 Å². The molecule has 7 nitrogen and oxygen atoms in total. The minimum absolute atomic E-state index is 0.120. The van der Waals surface area contributed by atoms with Crippen LogP contribution in [0.1, 0.15) is 29.0 Å². The normalized spacial score (nSPS) is 20.6. The van der Waals surface area contributed by atoms with E-state index in [1.54, 1.807) is 13.0 Å². The van der Waals surface area contributed by atoms with Crippen LogP contribution in [-0.2, 0) is 9.59 Å². The first-order chi connectivity index (χ1) is 12.5. The van der Waals surface area contributed by atoms with Crippen molar-refractivity contribution in [1.29, 1.82) is 0 Å². The Kier molecular flexibility index (Phi) is 5.06. The fourth-order valence-electron chi connectivity index (χ4n) is 3.28. The van der Waals surface area contributed by atoms with Crippen LogP contribution >= 0.6 is 0 Å². The highest BCUT2D eigenvalue weighted by atomic mass is 16.4. The summed E-state index contributed by atoms with van der Waals surface area (Å²) in [6.45, 7) is 2.00. The Morgan fingerprint density at radius 2 is 1.88 bits per heavy atom. The first-order valence-corrected chi connectivity index (χ1v) is 8.38. The Morgan fingerprint density at radius 3 is 2.50 bits per heavy atom. The Hall–Kier alpha value is -3.09. The molecule has 1 aliphatic rings. The Morgan fingerprint density at radius 1 is 1.15 bits per heavy atom. The molecular formula is C19H20N2O5. The summed E-state index contributed by atoms with van der Waals surface area (Å²) >= 11 is 0. The molecule has 1 fully saturated rings. The topological polar surface area (TPSA) is 99.9 Å². The molecule has 2 heterocycles. The number of nitrogens with zero attached hydrogens (tertiary/aromatic N) is 1. The molecule has 3 unspecified atom stereocenters. The number of carboxylic acid groups (broad SMARTS) is 1. The lowest BCUT2D eigenvalue weighted by Crippen LogP contribution is -2.46. The minimum atomic E-state index is -0.929. The van der Waals surface area contributed by atoms with Gasteiger partial charge >= 0.3 is 5.97 Å². The number of carbonyl (C=O) groups is 3. The van der Waals surface area contributed by atoms with Crippen LogP contribution in [0.4, 0.5) is 0 Å². The fraction of sp³-hybridized carbons (Fsp3) is 0.316. The predicted octanol–water partition coefficient (Wildman–Crippen LogP) is 1.72. The molecule has 1 saturated heterocycles. The second kappa shape index (κ2) is 7.43. The molecule has 0 bridgehead atoms. The number of nitrogens with one attached hydrogen (secondary N) is 1. The number of carboxylic acids is 1. The Balaban J connectivity index is 1.69. The van der Waals surface area contributed by atoms with Crippen molar-refractivity contribution in [1.82, 2.24) is 10.2 Å². The van der Waals surface area contributed by atoms with Crippen LogP contribution in [-0.4, -0.2) is 46.9 Å². The van der Waals surface area contributed by atoms with E-state index in [2.05, 4.69) is 5.32 Å². The summed E-state index contributed by atoms with van der Waals surface area (Å²) in [4.78, 5) is 37.8. The maximum Gasteiger partial charge on any atom is 0.308 e. The molecule has 26 heavy (non-hydrogen) atoms. The van der Waals surface area contributed by atoms with Crippen molar-refractivity contribution in [2.75, 3.05) is 13.1 Å².